The Bertz CT molecular complexity index is 622. The van der Waals surface area contributed by atoms with Crippen molar-refractivity contribution in [3.63, 3.8) is 0 Å². The zero-order valence-corrected chi connectivity index (χ0v) is 12.9. The number of urea groups is 2. The number of amides is 4. The number of hydrogen-bond acceptors (Lipinski definition) is 3. The van der Waals surface area contributed by atoms with Crippen molar-refractivity contribution < 1.29 is 27.5 Å². The average molecular weight is 346 g/mol. The molecule has 1 saturated heterocycles. The van der Waals surface area contributed by atoms with Gasteiger partial charge in [-0.3, -0.25) is 0 Å². The van der Waals surface area contributed by atoms with Crippen molar-refractivity contribution in [1.29, 1.82) is 0 Å². The van der Waals surface area contributed by atoms with Crippen LogP contribution in [0, 0.1) is 0 Å². The number of hydrogen-bond donors (Lipinski definition) is 3. The van der Waals surface area contributed by atoms with E-state index in [9.17, 15) is 22.8 Å². The minimum Gasteiger partial charge on any atom is -0.496 e. The molecule has 0 radical (unpaired) electrons. The molecule has 0 aliphatic carbocycles. The third-order valence-corrected chi connectivity index (χ3v) is 3.38. The molecule has 132 valence electrons. The molecule has 1 aliphatic rings. The first-order valence-electron chi connectivity index (χ1n) is 7.14. The Labute approximate surface area is 136 Å². The predicted molar refractivity (Wildman–Crippen MR) is 80.0 cm³/mol. The lowest BCUT2D eigenvalue weighted by Crippen LogP contribution is -2.38. The van der Waals surface area contributed by atoms with Crippen molar-refractivity contribution in [3.8, 4) is 5.75 Å². The Morgan fingerprint density at radius 3 is 2.75 bits per heavy atom. The molecule has 1 fully saturated rings. The van der Waals surface area contributed by atoms with Crippen LogP contribution in [-0.2, 0) is 6.18 Å². The van der Waals surface area contributed by atoms with E-state index in [1.807, 2.05) is 0 Å². The molecule has 7 nitrogen and oxygen atoms in total. The molecule has 10 heteroatoms. The van der Waals surface area contributed by atoms with Crippen molar-refractivity contribution in [2.75, 3.05) is 38.6 Å². The van der Waals surface area contributed by atoms with Crippen LogP contribution in [0.5, 0.6) is 5.75 Å². The highest BCUT2D eigenvalue weighted by atomic mass is 19.4. The summed E-state index contributed by atoms with van der Waals surface area (Å²) in [5.41, 5.74) is -0.990. The second-order valence-electron chi connectivity index (χ2n) is 5.01. The summed E-state index contributed by atoms with van der Waals surface area (Å²) in [7, 11) is 1.14. The molecule has 1 aromatic rings. The summed E-state index contributed by atoms with van der Waals surface area (Å²) in [5.74, 6) is -0.325. The number of carbonyl (C=O) groups is 2. The van der Waals surface area contributed by atoms with Crippen LogP contribution in [0.25, 0.3) is 0 Å². The highest BCUT2D eigenvalue weighted by Crippen LogP contribution is 2.37. The maximum Gasteiger partial charge on any atom is 0.420 e. The molecule has 0 spiro atoms. The van der Waals surface area contributed by atoms with E-state index in [2.05, 4.69) is 20.7 Å². The van der Waals surface area contributed by atoms with E-state index in [-0.39, 0.29) is 24.0 Å². The summed E-state index contributed by atoms with van der Waals surface area (Å²) in [5, 5.41) is 7.42. The van der Waals surface area contributed by atoms with E-state index in [4.69, 9.17) is 0 Å². The third kappa shape index (κ3) is 4.43. The van der Waals surface area contributed by atoms with Gasteiger partial charge in [0.05, 0.1) is 12.7 Å². The molecule has 2 rings (SSSR count). The number of halogens is 3. The number of alkyl halides is 3. The molecule has 4 amide bonds. The van der Waals surface area contributed by atoms with Gasteiger partial charge in [-0.15, -0.1) is 0 Å². The molecular weight excluding hydrogens is 329 g/mol. The van der Waals surface area contributed by atoms with Gasteiger partial charge >= 0.3 is 18.2 Å². The second-order valence-corrected chi connectivity index (χ2v) is 5.01. The summed E-state index contributed by atoms with van der Waals surface area (Å²) < 4.78 is 43.4. The van der Waals surface area contributed by atoms with Gasteiger partial charge in [-0.2, -0.15) is 13.2 Å². The Balaban J connectivity index is 1.90. The van der Waals surface area contributed by atoms with Crippen LogP contribution in [0.1, 0.15) is 5.56 Å². The van der Waals surface area contributed by atoms with Gasteiger partial charge in [-0.05, 0) is 18.2 Å². The Hall–Kier alpha value is -2.65. The van der Waals surface area contributed by atoms with Gasteiger partial charge in [0.2, 0.25) is 0 Å². The third-order valence-electron chi connectivity index (χ3n) is 3.38. The highest BCUT2D eigenvalue weighted by Gasteiger charge is 2.34. The lowest BCUT2D eigenvalue weighted by molar-refractivity contribution is -0.138. The molecular formula is C14H17F3N4O3. The lowest BCUT2D eigenvalue weighted by Gasteiger charge is -2.16. The normalized spacial score (nSPS) is 14.3. The number of benzene rings is 1. The number of anilines is 1. The van der Waals surface area contributed by atoms with Crippen LogP contribution in [0.4, 0.5) is 28.4 Å². The zero-order chi connectivity index (χ0) is 17.7. The Kier molecular flexibility index (Phi) is 5.37. The minimum atomic E-state index is -4.59. The van der Waals surface area contributed by atoms with E-state index < -0.39 is 17.8 Å². The summed E-state index contributed by atoms with van der Waals surface area (Å²) in [4.78, 5) is 24.6. The van der Waals surface area contributed by atoms with Crippen molar-refractivity contribution in [3.05, 3.63) is 23.8 Å². The van der Waals surface area contributed by atoms with Crippen LogP contribution >= 0.6 is 0 Å². The maximum absolute atomic E-state index is 12.9. The molecule has 0 bridgehead atoms. The second kappa shape index (κ2) is 7.28. The first-order chi connectivity index (χ1) is 11.3. The topological polar surface area (TPSA) is 82.7 Å². The van der Waals surface area contributed by atoms with Gasteiger partial charge in [0.1, 0.15) is 5.75 Å². The summed E-state index contributed by atoms with van der Waals surface area (Å²) in [6.45, 7) is 1.60. The first kappa shape index (κ1) is 17.7. The molecule has 24 heavy (non-hydrogen) atoms. The summed E-state index contributed by atoms with van der Waals surface area (Å²) in [6, 6.07) is 2.37. The van der Waals surface area contributed by atoms with Gasteiger partial charge in [0.15, 0.2) is 0 Å². The summed E-state index contributed by atoms with van der Waals surface area (Å²) in [6.07, 6.45) is -4.59. The molecule has 0 saturated carbocycles. The molecule has 1 aromatic carbocycles. The molecule has 0 aromatic heterocycles. The highest BCUT2D eigenvalue weighted by molar-refractivity contribution is 5.89. The standard InChI is InChI=1S/C14H17F3N4O3/c1-24-11-3-2-9(8-10(11)14(15,16)17)20-12(22)18-4-6-21-7-5-19-13(21)23/h2-3,8H,4-7H2,1H3,(H,19,23)(H2,18,20,22). The number of methoxy groups -OCH3 is 1. The van der Waals surface area contributed by atoms with Gasteiger partial charge in [0.25, 0.3) is 0 Å². The average Bonchev–Trinajstić information content (AvgIpc) is 2.92. The molecule has 0 unspecified atom stereocenters. The quantitative estimate of drug-likeness (QED) is 0.761. The molecule has 1 aliphatic heterocycles. The van der Waals surface area contributed by atoms with Gasteiger partial charge in [0, 0.05) is 31.9 Å². The maximum atomic E-state index is 12.9. The first-order valence-corrected chi connectivity index (χ1v) is 7.14. The van der Waals surface area contributed by atoms with E-state index in [0.717, 1.165) is 19.2 Å². The van der Waals surface area contributed by atoms with Crippen LogP contribution < -0.4 is 20.7 Å². The fourth-order valence-electron chi connectivity index (χ4n) is 2.21. The van der Waals surface area contributed by atoms with E-state index in [1.54, 1.807) is 0 Å². The molecule has 1 heterocycles. The van der Waals surface area contributed by atoms with Gasteiger partial charge in [-0.25, -0.2) is 9.59 Å². The number of nitrogens with one attached hydrogen (secondary N) is 3. The van der Waals surface area contributed by atoms with Crippen LogP contribution in [0.2, 0.25) is 0 Å². The van der Waals surface area contributed by atoms with E-state index >= 15 is 0 Å². The summed E-state index contributed by atoms with van der Waals surface area (Å²) >= 11 is 0. The van der Waals surface area contributed by atoms with Crippen molar-refractivity contribution in [2.24, 2.45) is 0 Å². The number of nitrogens with zero attached hydrogens (tertiary/aromatic N) is 1. The largest absolute Gasteiger partial charge is 0.496 e. The SMILES string of the molecule is COc1ccc(NC(=O)NCCN2CCNC2=O)cc1C(F)(F)F. The van der Waals surface area contributed by atoms with Gasteiger partial charge < -0.3 is 25.6 Å². The fraction of sp³-hybridized carbons (Fsp3) is 0.429. The number of rotatable bonds is 5. The monoisotopic (exact) mass is 346 g/mol. The van der Waals surface area contributed by atoms with E-state index in [1.165, 1.54) is 11.0 Å². The number of carbonyl (C=O) groups excluding carboxylic acids is 2. The van der Waals surface area contributed by atoms with Crippen LogP contribution in [-0.4, -0.2) is 50.3 Å². The van der Waals surface area contributed by atoms with E-state index in [0.29, 0.717) is 19.6 Å². The Morgan fingerprint density at radius 2 is 2.17 bits per heavy atom. The smallest absolute Gasteiger partial charge is 0.420 e. The number of ether oxygens (including phenoxy) is 1. The minimum absolute atomic E-state index is 0.0143. The predicted octanol–water partition coefficient (Wildman–Crippen LogP) is 1.86. The van der Waals surface area contributed by atoms with Crippen molar-refractivity contribution >= 4 is 17.7 Å². The van der Waals surface area contributed by atoms with Crippen LogP contribution in [0.3, 0.4) is 0 Å². The molecule has 3 N–H and O–H groups in total. The fourth-order valence-corrected chi connectivity index (χ4v) is 2.21. The van der Waals surface area contributed by atoms with Gasteiger partial charge in [-0.1, -0.05) is 0 Å². The van der Waals surface area contributed by atoms with Crippen molar-refractivity contribution in [1.82, 2.24) is 15.5 Å². The lowest BCUT2D eigenvalue weighted by atomic mass is 10.1. The Morgan fingerprint density at radius 1 is 1.42 bits per heavy atom. The molecule has 0 atom stereocenters. The van der Waals surface area contributed by atoms with Crippen LogP contribution in [0.15, 0.2) is 18.2 Å². The zero-order valence-electron chi connectivity index (χ0n) is 12.9. The van der Waals surface area contributed by atoms with Crippen molar-refractivity contribution in [2.45, 2.75) is 6.18 Å².